The van der Waals surface area contributed by atoms with Crippen LogP contribution in [0.1, 0.15) is 4.88 Å². The van der Waals surface area contributed by atoms with Crippen LogP contribution in [0.4, 0.5) is 0 Å². The lowest BCUT2D eigenvalue weighted by Crippen LogP contribution is -2.10. The van der Waals surface area contributed by atoms with Crippen molar-refractivity contribution in [2.45, 2.75) is 12.5 Å². The summed E-state index contributed by atoms with van der Waals surface area (Å²) >= 11 is 4.83. The van der Waals surface area contributed by atoms with E-state index in [2.05, 4.69) is 15.9 Å². The summed E-state index contributed by atoms with van der Waals surface area (Å²) in [6.07, 6.45) is 0.0819. The normalized spacial score (nSPS) is 12.9. The van der Waals surface area contributed by atoms with Gasteiger partial charge in [0, 0.05) is 15.8 Å². The highest BCUT2D eigenvalue weighted by molar-refractivity contribution is 9.10. The molecule has 1 N–H and O–H groups in total. The summed E-state index contributed by atoms with van der Waals surface area (Å²) in [5.41, 5.74) is 0. The second kappa shape index (κ2) is 3.99. The van der Waals surface area contributed by atoms with Crippen molar-refractivity contribution in [1.82, 2.24) is 0 Å². The largest absolute Gasteiger partial charge is 0.385 e. The highest BCUT2D eigenvalue weighted by Crippen LogP contribution is 2.23. The Balaban J connectivity index is 2.63. The van der Waals surface area contributed by atoms with Gasteiger partial charge in [-0.25, -0.2) is 0 Å². The Morgan fingerprint density at radius 1 is 1.82 bits per heavy atom. The molecule has 4 heteroatoms. The van der Waals surface area contributed by atoms with Crippen molar-refractivity contribution in [3.63, 3.8) is 0 Å². The van der Waals surface area contributed by atoms with E-state index in [1.165, 1.54) is 11.3 Å². The third kappa shape index (κ3) is 2.39. The van der Waals surface area contributed by atoms with Crippen LogP contribution in [0.2, 0.25) is 0 Å². The molecule has 1 heterocycles. The molecule has 0 fully saturated rings. The highest BCUT2D eigenvalue weighted by Gasteiger charge is 2.07. The molecule has 0 amide bonds. The van der Waals surface area contributed by atoms with E-state index in [4.69, 9.17) is 5.11 Å². The molecule has 0 aliphatic heterocycles. The zero-order valence-corrected chi connectivity index (χ0v) is 8.06. The van der Waals surface area contributed by atoms with Crippen LogP contribution in [0.25, 0.3) is 0 Å². The average molecular weight is 235 g/mol. The summed E-state index contributed by atoms with van der Waals surface area (Å²) in [7, 11) is 0. The predicted octanol–water partition coefficient (Wildman–Crippen LogP) is 1.61. The third-order valence-corrected chi connectivity index (χ3v) is 3.19. The molecule has 1 aromatic heterocycles. The molecule has 0 radical (unpaired) electrons. The lowest BCUT2D eigenvalue weighted by Gasteiger charge is -1.99. The van der Waals surface area contributed by atoms with Crippen molar-refractivity contribution in [1.29, 1.82) is 0 Å². The van der Waals surface area contributed by atoms with Gasteiger partial charge in [0.05, 0.1) is 0 Å². The van der Waals surface area contributed by atoms with Gasteiger partial charge in [-0.05, 0) is 27.4 Å². The molecule has 0 aromatic carbocycles. The Morgan fingerprint density at radius 2 is 2.55 bits per heavy atom. The van der Waals surface area contributed by atoms with Crippen molar-refractivity contribution in [2.75, 3.05) is 0 Å². The molecule has 0 aliphatic carbocycles. The Hall–Kier alpha value is -0.190. The molecule has 1 aromatic rings. The van der Waals surface area contributed by atoms with Crippen LogP contribution in [0, 0.1) is 0 Å². The number of thiophene rings is 1. The van der Waals surface area contributed by atoms with Crippen molar-refractivity contribution in [3.05, 3.63) is 20.8 Å². The van der Waals surface area contributed by atoms with Crippen LogP contribution in [-0.2, 0) is 11.2 Å². The van der Waals surface area contributed by atoms with Crippen molar-refractivity contribution in [2.24, 2.45) is 0 Å². The van der Waals surface area contributed by atoms with Gasteiger partial charge < -0.3 is 9.90 Å². The van der Waals surface area contributed by atoms with Gasteiger partial charge in [-0.1, -0.05) is 0 Å². The Kier molecular flexibility index (Phi) is 3.23. The first-order chi connectivity index (χ1) is 5.24. The molecular formula is C7H7BrO2S. The summed E-state index contributed by atoms with van der Waals surface area (Å²) in [6, 6.07) is 1.90. The SMILES string of the molecule is O=CC(O)Cc1sccc1Br. The second-order valence-electron chi connectivity index (χ2n) is 2.10. The molecule has 60 valence electrons. The third-order valence-electron chi connectivity index (χ3n) is 1.24. The summed E-state index contributed by atoms with van der Waals surface area (Å²) in [4.78, 5) is 11.1. The van der Waals surface area contributed by atoms with E-state index in [0.29, 0.717) is 12.7 Å². The first-order valence-electron chi connectivity index (χ1n) is 3.09. The van der Waals surface area contributed by atoms with Crippen molar-refractivity contribution in [3.8, 4) is 0 Å². The second-order valence-corrected chi connectivity index (χ2v) is 3.95. The lowest BCUT2D eigenvalue weighted by molar-refractivity contribution is -0.114. The quantitative estimate of drug-likeness (QED) is 0.808. The van der Waals surface area contributed by atoms with Crippen LogP contribution in [0.5, 0.6) is 0 Å². The fourth-order valence-electron chi connectivity index (χ4n) is 0.709. The summed E-state index contributed by atoms with van der Waals surface area (Å²) in [5, 5.41) is 10.9. The maximum Gasteiger partial charge on any atom is 0.148 e. The van der Waals surface area contributed by atoms with Crippen molar-refractivity contribution < 1.29 is 9.90 Å². The summed E-state index contributed by atoms with van der Waals surface area (Å²) in [5.74, 6) is 0. The van der Waals surface area contributed by atoms with Crippen LogP contribution in [0.3, 0.4) is 0 Å². The number of carbonyl (C=O) groups excluding carboxylic acids is 1. The van der Waals surface area contributed by atoms with E-state index in [1.54, 1.807) is 0 Å². The van der Waals surface area contributed by atoms with Gasteiger partial charge in [0.15, 0.2) is 0 Å². The van der Waals surface area contributed by atoms with Gasteiger partial charge in [-0.2, -0.15) is 0 Å². The number of aliphatic hydroxyl groups excluding tert-OH is 1. The van der Waals surface area contributed by atoms with Crippen LogP contribution in [0.15, 0.2) is 15.9 Å². The number of hydrogen-bond acceptors (Lipinski definition) is 3. The molecule has 11 heavy (non-hydrogen) atoms. The fraction of sp³-hybridized carbons (Fsp3) is 0.286. The molecule has 0 saturated heterocycles. The summed E-state index contributed by atoms with van der Waals surface area (Å²) < 4.78 is 0.961. The molecule has 0 saturated carbocycles. The minimum absolute atomic E-state index is 0.405. The van der Waals surface area contributed by atoms with E-state index >= 15 is 0 Å². The van der Waals surface area contributed by atoms with E-state index in [1.807, 2.05) is 11.4 Å². The number of rotatable bonds is 3. The zero-order valence-electron chi connectivity index (χ0n) is 5.66. The number of aliphatic hydroxyl groups is 1. The number of carbonyl (C=O) groups is 1. The fourth-order valence-corrected chi connectivity index (χ4v) is 2.27. The lowest BCUT2D eigenvalue weighted by atomic mass is 10.2. The van der Waals surface area contributed by atoms with Gasteiger partial charge in [0.1, 0.15) is 12.4 Å². The maximum atomic E-state index is 10.1. The van der Waals surface area contributed by atoms with Gasteiger partial charge in [0.2, 0.25) is 0 Å². The first kappa shape index (κ1) is 8.90. The zero-order chi connectivity index (χ0) is 8.27. The monoisotopic (exact) mass is 234 g/mol. The number of aldehydes is 1. The van der Waals surface area contributed by atoms with E-state index in [-0.39, 0.29) is 0 Å². The van der Waals surface area contributed by atoms with E-state index in [0.717, 1.165) is 9.35 Å². The average Bonchev–Trinajstić information content (AvgIpc) is 2.37. The minimum atomic E-state index is -0.870. The molecule has 0 spiro atoms. The van der Waals surface area contributed by atoms with Gasteiger partial charge >= 0.3 is 0 Å². The smallest absolute Gasteiger partial charge is 0.148 e. The minimum Gasteiger partial charge on any atom is -0.385 e. The number of halogens is 1. The van der Waals surface area contributed by atoms with Gasteiger partial charge in [0.25, 0.3) is 0 Å². The van der Waals surface area contributed by atoms with E-state index in [9.17, 15) is 4.79 Å². The Morgan fingerprint density at radius 3 is 3.00 bits per heavy atom. The van der Waals surface area contributed by atoms with Crippen LogP contribution >= 0.6 is 27.3 Å². The molecular weight excluding hydrogens is 228 g/mol. The Labute approximate surface area is 77.0 Å². The topological polar surface area (TPSA) is 37.3 Å². The molecule has 0 bridgehead atoms. The van der Waals surface area contributed by atoms with Crippen LogP contribution in [-0.4, -0.2) is 17.5 Å². The van der Waals surface area contributed by atoms with Gasteiger partial charge in [-0.15, -0.1) is 11.3 Å². The summed E-state index contributed by atoms with van der Waals surface area (Å²) in [6.45, 7) is 0. The van der Waals surface area contributed by atoms with Crippen molar-refractivity contribution >= 4 is 33.6 Å². The maximum absolute atomic E-state index is 10.1. The van der Waals surface area contributed by atoms with E-state index < -0.39 is 6.10 Å². The number of hydrogen-bond donors (Lipinski definition) is 1. The molecule has 1 rings (SSSR count). The predicted molar refractivity (Wildman–Crippen MR) is 47.8 cm³/mol. The molecule has 0 aliphatic rings. The molecule has 1 atom stereocenters. The standard InChI is InChI=1S/C7H7BrO2S/c8-6-1-2-11-7(6)3-5(10)4-9/h1-2,4-5,10H,3H2. The highest BCUT2D eigenvalue weighted by atomic mass is 79.9. The Bertz CT molecular complexity index is 246. The molecule has 2 nitrogen and oxygen atoms in total. The first-order valence-corrected chi connectivity index (χ1v) is 4.76. The van der Waals surface area contributed by atoms with Crippen LogP contribution < -0.4 is 0 Å². The van der Waals surface area contributed by atoms with Gasteiger partial charge in [-0.3, -0.25) is 0 Å². The molecule has 1 unspecified atom stereocenters.